The van der Waals surface area contributed by atoms with Gasteiger partial charge in [0, 0.05) is 32.7 Å². The van der Waals surface area contributed by atoms with Gasteiger partial charge >= 0.3 is 5.97 Å². The molecule has 22 heavy (non-hydrogen) atoms. The average Bonchev–Trinajstić information content (AvgIpc) is 2.42. The molecule has 1 atom stereocenters. The van der Waals surface area contributed by atoms with Crippen molar-refractivity contribution >= 4 is 21.7 Å². The molecule has 6 nitrogen and oxygen atoms in total. The number of hydrogen-bond donors (Lipinski definition) is 1. The van der Waals surface area contributed by atoms with E-state index >= 15 is 0 Å². The highest BCUT2D eigenvalue weighted by Crippen LogP contribution is 2.15. The van der Waals surface area contributed by atoms with Crippen molar-refractivity contribution in [3.8, 4) is 0 Å². The predicted molar refractivity (Wildman–Crippen MR) is 87.5 cm³/mol. The summed E-state index contributed by atoms with van der Waals surface area (Å²) in [5.74, 6) is -0.335. The first-order chi connectivity index (χ1) is 10.2. The number of nitrogens with one attached hydrogen (secondary N) is 1. The third-order valence-corrected chi connectivity index (χ3v) is 3.70. The van der Waals surface area contributed by atoms with Crippen LogP contribution in [0.15, 0.2) is 24.3 Å². The summed E-state index contributed by atoms with van der Waals surface area (Å²) >= 11 is 0. The molecule has 0 aliphatic rings. The largest absolute Gasteiger partial charge is 0.461 e. The Morgan fingerprint density at radius 1 is 1.36 bits per heavy atom. The van der Waals surface area contributed by atoms with Crippen LogP contribution in [0.1, 0.15) is 18.9 Å². The van der Waals surface area contributed by atoms with Crippen molar-refractivity contribution in [2.45, 2.75) is 25.9 Å². The maximum absolute atomic E-state index is 11.8. The Kier molecular flexibility index (Phi) is 6.83. The van der Waals surface area contributed by atoms with Gasteiger partial charge in [-0.1, -0.05) is 12.1 Å². The summed E-state index contributed by atoms with van der Waals surface area (Å²) in [7, 11) is 0.655. The Labute approximate surface area is 132 Å². The van der Waals surface area contributed by atoms with Crippen LogP contribution in [0.3, 0.4) is 0 Å². The van der Waals surface area contributed by atoms with Crippen LogP contribution in [0.2, 0.25) is 0 Å². The van der Waals surface area contributed by atoms with Crippen LogP contribution < -0.4 is 9.62 Å². The molecule has 1 aromatic carbocycles. The topological polar surface area (TPSA) is 75.7 Å². The molecular formula is C15H24N2O4S. The number of hydrogen-bond acceptors (Lipinski definition) is 5. The zero-order valence-corrected chi connectivity index (χ0v) is 14.3. The Morgan fingerprint density at radius 3 is 2.64 bits per heavy atom. The van der Waals surface area contributed by atoms with Gasteiger partial charge in [0.2, 0.25) is 10.0 Å². The highest BCUT2D eigenvalue weighted by Gasteiger charge is 2.12. The van der Waals surface area contributed by atoms with Crippen molar-refractivity contribution in [1.29, 1.82) is 0 Å². The standard InChI is InChI=1S/C15H24N2O4S/c1-12(11-16-22(4,19)20)21-15(18)9-8-13-6-5-7-14(10-13)17(2)3/h5-7,10,12,16H,8-9,11H2,1-4H3/t12-/m0/s1. The maximum atomic E-state index is 11.8. The Morgan fingerprint density at radius 2 is 2.05 bits per heavy atom. The van der Waals surface area contributed by atoms with E-state index in [1.807, 2.05) is 43.3 Å². The van der Waals surface area contributed by atoms with Crippen molar-refractivity contribution in [3.05, 3.63) is 29.8 Å². The van der Waals surface area contributed by atoms with Gasteiger partial charge in [0.05, 0.1) is 6.26 Å². The van der Waals surface area contributed by atoms with Gasteiger partial charge in [-0.3, -0.25) is 4.79 Å². The van der Waals surface area contributed by atoms with E-state index in [1.54, 1.807) is 6.92 Å². The van der Waals surface area contributed by atoms with Crippen LogP contribution >= 0.6 is 0 Å². The first kappa shape index (κ1) is 18.4. The number of carbonyl (C=O) groups excluding carboxylic acids is 1. The number of sulfonamides is 1. The predicted octanol–water partition coefficient (Wildman–Crippen LogP) is 1.17. The minimum Gasteiger partial charge on any atom is -0.461 e. The molecule has 1 aromatic rings. The lowest BCUT2D eigenvalue weighted by Gasteiger charge is -2.15. The van der Waals surface area contributed by atoms with Crippen molar-refractivity contribution < 1.29 is 17.9 Å². The molecule has 0 bridgehead atoms. The summed E-state index contributed by atoms with van der Waals surface area (Å²) in [4.78, 5) is 13.8. The lowest BCUT2D eigenvalue weighted by molar-refractivity contribution is -0.147. The average molecular weight is 328 g/mol. The molecule has 0 radical (unpaired) electrons. The molecular weight excluding hydrogens is 304 g/mol. The summed E-state index contributed by atoms with van der Waals surface area (Å²) in [6, 6.07) is 7.95. The number of rotatable bonds is 8. The summed E-state index contributed by atoms with van der Waals surface area (Å²) in [5, 5.41) is 0. The number of ether oxygens (including phenoxy) is 1. The molecule has 0 spiro atoms. The normalized spacial score (nSPS) is 12.7. The minimum absolute atomic E-state index is 0.0840. The van der Waals surface area contributed by atoms with E-state index in [1.165, 1.54) is 0 Å². The van der Waals surface area contributed by atoms with Crippen molar-refractivity contribution in [2.24, 2.45) is 0 Å². The van der Waals surface area contributed by atoms with Gasteiger partial charge in [0.15, 0.2) is 0 Å². The number of esters is 1. The van der Waals surface area contributed by atoms with Gasteiger partial charge in [0.25, 0.3) is 0 Å². The Bertz CT molecular complexity index is 599. The second-order valence-electron chi connectivity index (χ2n) is 5.49. The molecule has 0 fully saturated rings. The smallest absolute Gasteiger partial charge is 0.306 e. The van der Waals surface area contributed by atoms with Crippen molar-refractivity contribution in [3.63, 3.8) is 0 Å². The van der Waals surface area contributed by atoms with Crippen LogP contribution in [0.25, 0.3) is 0 Å². The fraction of sp³-hybridized carbons (Fsp3) is 0.533. The van der Waals surface area contributed by atoms with Gasteiger partial charge in [-0.05, 0) is 31.0 Å². The fourth-order valence-corrected chi connectivity index (χ4v) is 2.37. The first-order valence-electron chi connectivity index (χ1n) is 7.08. The third-order valence-electron chi connectivity index (χ3n) is 3.01. The molecule has 0 aliphatic carbocycles. The SMILES string of the molecule is C[C@@H](CNS(C)(=O)=O)OC(=O)CCc1cccc(N(C)C)c1. The van der Waals surface area contributed by atoms with E-state index in [0.29, 0.717) is 6.42 Å². The van der Waals surface area contributed by atoms with Gasteiger partial charge in [0.1, 0.15) is 6.10 Å². The van der Waals surface area contributed by atoms with E-state index in [4.69, 9.17) is 4.74 Å². The van der Waals surface area contributed by atoms with E-state index in [-0.39, 0.29) is 18.9 Å². The molecule has 1 N–H and O–H groups in total. The third kappa shape index (κ3) is 7.42. The first-order valence-corrected chi connectivity index (χ1v) is 8.97. The monoisotopic (exact) mass is 328 g/mol. The number of anilines is 1. The quantitative estimate of drug-likeness (QED) is 0.725. The van der Waals surface area contributed by atoms with Crippen LogP contribution in [0, 0.1) is 0 Å². The molecule has 0 saturated heterocycles. The van der Waals surface area contributed by atoms with Crippen LogP contribution in [-0.2, 0) is 26.0 Å². The summed E-state index contributed by atoms with van der Waals surface area (Å²) in [5.41, 5.74) is 2.14. The zero-order valence-electron chi connectivity index (χ0n) is 13.5. The van der Waals surface area contributed by atoms with E-state index in [0.717, 1.165) is 17.5 Å². The lowest BCUT2D eigenvalue weighted by Crippen LogP contribution is -2.32. The van der Waals surface area contributed by atoms with E-state index in [9.17, 15) is 13.2 Å². The molecule has 0 unspecified atom stereocenters. The molecule has 1 rings (SSSR count). The molecule has 0 aliphatic heterocycles. The highest BCUT2D eigenvalue weighted by atomic mass is 32.2. The Hall–Kier alpha value is -1.60. The van der Waals surface area contributed by atoms with E-state index < -0.39 is 16.1 Å². The second kappa shape index (κ2) is 8.14. The highest BCUT2D eigenvalue weighted by molar-refractivity contribution is 7.88. The summed E-state index contributed by atoms with van der Waals surface area (Å²) in [6.45, 7) is 1.74. The molecule has 7 heteroatoms. The van der Waals surface area contributed by atoms with Crippen LogP contribution in [0.4, 0.5) is 5.69 Å². The summed E-state index contributed by atoms with van der Waals surface area (Å²) in [6.07, 6.45) is 1.43. The van der Waals surface area contributed by atoms with Crippen molar-refractivity contribution in [1.82, 2.24) is 4.72 Å². The minimum atomic E-state index is -3.27. The second-order valence-corrected chi connectivity index (χ2v) is 7.32. The molecule has 124 valence electrons. The fourth-order valence-electron chi connectivity index (χ4n) is 1.83. The van der Waals surface area contributed by atoms with Crippen LogP contribution in [0.5, 0.6) is 0 Å². The van der Waals surface area contributed by atoms with Crippen molar-refractivity contribution in [2.75, 3.05) is 31.8 Å². The zero-order chi connectivity index (χ0) is 16.8. The van der Waals surface area contributed by atoms with E-state index in [2.05, 4.69) is 4.72 Å². The number of nitrogens with zero attached hydrogens (tertiary/aromatic N) is 1. The maximum Gasteiger partial charge on any atom is 0.306 e. The van der Waals surface area contributed by atoms with Gasteiger partial charge < -0.3 is 9.64 Å². The molecule has 0 saturated carbocycles. The van der Waals surface area contributed by atoms with Crippen LogP contribution in [-0.4, -0.2) is 47.4 Å². The number of benzene rings is 1. The van der Waals surface area contributed by atoms with Gasteiger partial charge in [-0.2, -0.15) is 0 Å². The summed E-state index contributed by atoms with van der Waals surface area (Å²) < 4.78 is 29.4. The van der Waals surface area contributed by atoms with Gasteiger partial charge in [-0.15, -0.1) is 0 Å². The molecule has 0 amide bonds. The lowest BCUT2D eigenvalue weighted by atomic mass is 10.1. The number of carbonyl (C=O) groups is 1. The molecule has 0 heterocycles. The van der Waals surface area contributed by atoms with Gasteiger partial charge in [-0.25, -0.2) is 13.1 Å². The molecule has 0 aromatic heterocycles. The Balaban J connectivity index is 2.41. The number of aryl methyl sites for hydroxylation is 1.